The Morgan fingerprint density at radius 1 is 1.00 bits per heavy atom. The molecule has 2 N–H and O–H groups in total. The van der Waals surface area contributed by atoms with Crippen molar-refractivity contribution in [1.82, 2.24) is 15.3 Å². The molecule has 0 radical (unpaired) electrons. The minimum Gasteiger partial charge on any atom is -0.361 e. The molecule has 1 amide bonds. The lowest BCUT2D eigenvalue weighted by Crippen LogP contribution is -2.25. The summed E-state index contributed by atoms with van der Waals surface area (Å²) in [6, 6.07) is 20.8. The molecule has 0 fully saturated rings. The number of benzene rings is 2. The van der Waals surface area contributed by atoms with Crippen LogP contribution in [-0.2, 0) is 16.8 Å². The molecule has 158 valence electrons. The Kier molecular flexibility index (Phi) is 5.90. The number of fused-ring (bicyclic) bond motifs is 1. The van der Waals surface area contributed by atoms with Crippen LogP contribution < -0.4 is 5.32 Å². The lowest BCUT2D eigenvalue weighted by molar-refractivity contribution is -0.121. The van der Waals surface area contributed by atoms with Crippen LogP contribution in [0.2, 0.25) is 0 Å². The molecule has 31 heavy (non-hydrogen) atoms. The Morgan fingerprint density at radius 2 is 1.71 bits per heavy atom. The van der Waals surface area contributed by atoms with Gasteiger partial charge in [0.05, 0.1) is 0 Å². The van der Waals surface area contributed by atoms with Gasteiger partial charge in [-0.2, -0.15) is 0 Å². The van der Waals surface area contributed by atoms with Crippen molar-refractivity contribution in [3.63, 3.8) is 0 Å². The molecular formula is C27H29N3O. The van der Waals surface area contributed by atoms with Crippen molar-refractivity contribution in [3.05, 3.63) is 102 Å². The summed E-state index contributed by atoms with van der Waals surface area (Å²) < 4.78 is 0. The third-order valence-corrected chi connectivity index (χ3v) is 5.80. The molecule has 2 aromatic heterocycles. The fourth-order valence-electron chi connectivity index (χ4n) is 3.96. The Labute approximate surface area is 183 Å². The van der Waals surface area contributed by atoms with E-state index in [4.69, 9.17) is 0 Å². The minimum atomic E-state index is -0.0254. The highest BCUT2D eigenvalue weighted by atomic mass is 16.1. The number of para-hydroxylation sites is 1. The summed E-state index contributed by atoms with van der Waals surface area (Å²) >= 11 is 0. The van der Waals surface area contributed by atoms with Crippen molar-refractivity contribution < 1.29 is 4.79 Å². The maximum absolute atomic E-state index is 12.9. The van der Waals surface area contributed by atoms with Gasteiger partial charge in [0.1, 0.15) is 0 Å². The Bertz CT molecular complexity index is 1150. The Hall–Kier alpha value is -3.40. The van der Waals surface area contributed by atoms with Gasteiger partial charge in [-0.05, 0) is 45.9 Å². The quantitative estimate of drug-likeness (QED) is 0.428. The number of nitrogens with one attached hydrogen (secondary N) is 2. The van der Waals surface area contributed by atoms with Crippen molar-refractivity contribution in [3.8, 4) is 0 Å². The van der Waals surface area contributed by atoms with Gasteiger partial charge in [0.2, 0.25) is 5.91 Å². The molecule has 0 unspecified atom stereocenters. The zero-order valence-corrected chi connectivity index (χ0v) is 18.4. The number of H-pyrrole nitrogens is 1. The predicted octanol–water partition coefficient (Wildman–Crippen LogP) is 5.70. The summed E-state index contributed by atoms with van der Waals surface area (Å²) in [5.74, 6) is 0.00889. The Morgan fingerprint density at radius 3 is 2.42 bits per heavy atom. The number of pyridine rings is 1. The van der Waals surface area contributed by atoms with Crippen LogP contribution in [0.1, 0.15) is 55.4 Å². The van der Waals surface area contributed by atoms with Crippen LogP contribution in [-0.4, -0.2) is 15.9 Å². The number of carbonyl (C=O) groups excluding carboxylic acids is 1. The number of rotatable bonds is 6. The molecule has 4 rings (SSSR count). The number of amides is 1. The predicted molar refractivity (Wildman–Crippen MR) is 126 cm³/mol. The van der Waals surface area contributed by atoms with Gasteiger partial charge in [0.15, 0.2) is 0 Å². The van der Waals surface area contributed by atoms with E-state index in [0.29, 0.717) is 13.0 Å². The second kappa shape index (κ2) is 8.76. The molecule has 0 aliphatic rings. The first-order valence-corrected chi connectivity index (χ1v) is 10.7. The molecule has 0 saturated carbocycles. The van der Waals surface area contributed by atoms with Crippen LogP contribution in [0.15, 0.2) is 79.3 Å². The number of hydrogen-bond acceptors (Lipinski definition) is 2. The molecule has 4 heteroatoms. The van der Waals surface area contributed by atoms with E-state index in [1.807, 2.05) is 30.5 Å². The normalized spacial score (nSPS) is 12.6. The van der Waals surface area contributed by atoms with Crippen molar-refractivity contribution >= 4 is 16.8 Å². The van der Waals surface area contributed by atoms with Gasteiger partial charge in [-0.15, -0.1) is 0 Å². The molecule has 2 aromatic carbocycles. The standard InChI is InChI=1S/C27H29N3O/c1-27(2,3)21-10-8-20(9-11-21)23(24-18-29-25-7-5-4-6-22(24)25)16-26(31)30-17-19-12-14-28-15-13-19/h4-15,18,23,29H,16-17H2,1-3H3,(H,30,31)/t23-/m1/s1. The lowest BCUT2D eigenvalue weighted by Gasteiger charge is -2.22. The maximum atomic E-state index is 12.9. The van der Waals surface area contributed by atoms with Gasteiger partial charge in [0.25, 0.3) is 0 Å². The zero-order chi connectivity index (χ0) is 21.8. The average Bonchev–Trinajstić information content (AvgIpc) is 3.20. The number of carbonyl (C=O) groups is 1. The van der Waals surface area contributed by atoms with Crippen LogP contribution >= 0.6 is 0 Å². The largest absolute Gasteiger partial charge is 0.361 e. The molecule has 2 heterocycles. The minimum absolute atomic E-state index is 0.0254. The van der Waals surface area contributed by atoms with Crippen LogP contribution in [0.25, 0.3) is 10.9 Å². The van der Waals surface area contributed by atoms with Crippen molar-refractivity contribution in [2.24, 2.45) is 0 Å². The molecule has 4 aromatic rings. The fourth-order valence-corrected chi connectivity index (χ4v) is 3.96. The van der Waals surface area contributed by atoms with Gasteiger partial charge >= 0.3 is 0 Å². The SMILES string of the molecule is CC(C)(C)c1ccc([C@@H](CC(=O)NCc2ccncc2)c2c[nH]c3ccccc23)cc1. The van der Waals surface area contributed by atoms with E-state index in [2.05, 4.69) is 72.5 Å². The van der Waals surface area contributed by atoms with Crippen molar-refractivity contribution in [2.75, 3.05) is 0 Å². The van der Waals surface area contributed by atoms with E-state index < -0.39 is 0 Å². The monoisotopic (exact) mass is 411 g/mol. The van der Waals surface area contributed by atoms with E-state index >= 15 is 0 Å². The van der Waals surface area contributed by atoms with Gasteiger partial charge < -0.3 is 10.3 Å². The van der Waals surface area contributed by atoms with Crippen LogP contribution in [0.3, 0.4) is 0 Å². The maximum Gasteiger partial charge on any atom is 0.221 e. The molecular weight excluding hydrogens is 382 g/mol. The molecule has 0 saturated heterocycles. The van der Waals surface area contributed by atoms with Crippen LogP contribution in [0.5, 0.6) is 0 Å². The van der Waals surface area contributed by atoms with Gasteiger partial charge in [-0.25, -0.2) is 0 Å². The number of hydrogen-bond donors (Lipinski definition) is 2. The summed E-state index contributed by atoms with van der Waals surface area (Å²) in [4.78, 5) is 20.3. The van der Waals surface area contributed by atoms with E-state index in [0.717, 1.165) is 27.6 Å². The molecule has 4 nitrogen and oxygen atoms in total. The zero-order valence-electron chi connectivity index (χ0n) is 18.4. The van der Waals surface area contributed by atoms with Gasteiger partial charge in [-0.1, -0.05) is 63.2 Å². The Balaban J connectivity index is 1.62. The molecule has 1 atom stereocenters. The molecule has 0 spiro atoms. The third kappa shape index (κ3) is 4.85. The van der Waals surface area contributed by atoms with E-state index in [9.17, 15) is 4.79 Å². The third-order valence-electron chi connectivity index (χ3n) is 5.80. The first-order valence-electron chi connectivity index (χ1n) is 10.7. The lowest BCUT2D eigenvalue weighted by atomic mass is 9.83. The second-order valence-corrected chi connectivity index (χ2v) is 9.05. The number of aromatic amines is 1. The van der Waals surface area contributed by atoms with Gasteiger partial charge in [0, 0.05) is 48.4 Å². The first-order chi connectivity index (χ1) is 14.9. The summed E-state index contributed by atoms with van der Waals surface area (Å²) in [6.45, 7) is 7.15. The summed E-state index contributed by atoms with van der Waals surface area (Å²) in [5, 5.41) is 4.23. The smallest absolute Gasteiger partial charge is 0.221 e. The summed E-state index contributed by atoms with van der Waals surface area (Å²) in [7, 11) is 0. The highest BCUT2D eigenvalue weighted by molar-refractivity contribution is 5.86. The molecule has 0 aliphatic heterocycles. The van der Waals surface area contributed by atoms with E-state index in [1.54, 1.807) is 12.4 Å². The molecule has 0 bridgehead atoms. The highest BCUT2D eigenvalue weighted by Gasteiger charge is 2.22. The van der Waals surface area contributed by atoms with Crippen LogP contribution in [0, 0.1) is 0 Å². The van der Waals surface area contributed by atoms with Gasteiger partial charge in [-0.3, -0.25) is 9.78 Å². The topological polar surface area (TPSA) is 57.8 Å². The number of nitrogens with zero attached hydrogens (tertiary/aromatic N) is 1. The van der Waals surface area contributed by atoms with E-state index in [1.165, 1.54) is 5.56 Å². The number of aromatic nitrogens is 2. The van der Waals surface area contributed by atoms with Crippen molar-refractivity contribution in [1.29, 1.82) is 0 Å². The molecule has 0 aliphatic carbocycles. The second-order valence-electron chi connectivity index (χ2n) is 9.05. The highest BCUT2D eigenvalue weighted by Crippen LogP contribution is 2.34. The van der Waals surface area contributed by atoms with E-state index in [-0.39, 0.29) is 17.2 Å². The average molecular weight is 412 g/mol. The summed E-state index contributed by atoms with van der Waals surface area (Å²) in [6.07, 6.45) is 5.92. The first kappa shape index (κ1) is 20.9. The van der Waals surface area contributed by atoms with Crippen LogP contribution in [0.4, 0.5) is 0 Å². The fraction of sp³-hybridized carbons (Fsp3) is 0.259. The summed E-state index contributed by atoms with van der Waals surface area (Å²) in [5.41, 5.74) is 5.81. The van der Waals surface area contributed by atoms with Crippen molar-refractivity contribution in [2.45, 2.75) is 45.1 Å².